The molecule has 2 aliphatic heterocycles. The Kier molecular flexibility index (Phi) is 4.37. The first kappa shape index (κ1) is 15.3. The van der Waals surface area contributed by atoms with Gasteiger partial charge in [-0.05, 0) is 31.1 Å². The van der Waals surface area contributed by atoms with Crippen molar-refractivity contribution in [3.63, 3.8) is 0 Å². The zero-order valence-corrected chi connectivity index (χ0v) is 12.6. The topological polar surface area (TPSA) is 66.8 Å². The molecular formula is C15H25NO4. The summed E-state index contributed by atoms with van der Waals surface area (Å²) < 4.78 is 5.58. The van der Waals surface area contributed by atoms with Crippen LogP contribution in [0.2, 0.25) is 0 Å². The fourth-order valence-corrected chi connectivity index (χ4v) is 3.64. The van der Waals surface area contributed by atoms with Crippen LogP contribution in [0.1, 0.15) is 46.5 Å². The van der Waals surface area contributed by atoms with E-state index in [-0.39, 0.29) is 23.3 Å². The Morgan fingerprint density at radius 3 is 2.70 bits per heavy atom. The summed E-state index contributed by atoms with van der Waals surface area (Å²) in [6, 6.07) is -0.721. The average molecular weight is 283 g/mol. The van der Waals surface area contributed by atoms with Gasteiger partial charge in [-0.2, -0.15) is 0 Å². The number of rotatable bonds is 3. The third-order valence-corrected chi connectivity index (χ3v) is 4.72. The van der Waals surface area contributed by atoms with Crippen LogP contribution in [0.15, 0.2) is 0 Å². The Morgan fingerprint density at radius 1 is 1.40 bits per heavy atom. The van der Waals surface area contributed by atoms with E-state index in [0.717, 1.165) is 19.3 Å². The molecule has 1 N–H and O–H groups in total. The number of carbonyl (C=O) groups is 2. The minimum Gasteiger partial charge on any atom is -0.480 e. The normalized spacial score (nSPS) is 33.1. The summed E-state index contributed by atoms with van der Waals surface area (Å²) in [5, 5.41) is 9.53. The van der Waals surface area contributed by atoms with Crippen molar-refractivity contribution in [1.82, 2.24) is 4.90 Å². The van der Waals surface area contributed by atoms with Crippen molar-refractivity contribution >= 4 is 11.9 Å². The summed E-state index contributed by atoms with van der Waals surface area (Å²) in [6.45, 7) is 7.03. The molecule has 0 spiro atoms. The molecule has 0 radical (unpaired) electrons. The zero-order valence-electron chi connectivity index (χ0n) is 12.6. The summed E-state index contributed by atoms with van der Waals surface area (Å²) in [4.78, 5) is 26.0. The summed E-state index contributed by atoms with van der Waals surface area (Å²) in [5.74, 6) is -1.10. The summed E-state index contributed by atoms with van der Waals surface area (Å²) in [5.41, 5.74) is -0.374. The SMILES string of the molecule is CCC1OCCC1C(=O)N1CCCC(C)(C)C1C(=O)O. The predicted octanol–water partition coefficient (Wildman–Crippen LogP) is 1.90. The second-order valence-corrected chi connectivity index (χ2v) is 6.58. The van der Waals surface area contributed by atoms with Crippen molar-refractivity contribution in [1.29, 1.82) is 0 Å². The molecular weight excluding hydrogens is 258 g/mol. The number of likely N-dealkylation sites (tertiary alicyclic amines) is 1. The van der Waals surface area contributed by atoms with Gasteiger partial charge in [-0.15, -0.1) is 0 Å². The van der Waals surface area contributed by atoms with Crippen LogP contribution >= 0.6 is 0 Å². The van der Waals surface area contributed by atoms with Crippen molar-refractivity contribution in [2.45, 2.75) is 58.6 Å². The molecule has 3 atom stereocenters. The second kappa shape index (κ2) is 5.72. The van der Waals surface area contributed by atoms with Gasteiger partial charge in [0, 0.05) is 13.2 Å². The van der Waals surface area contributed by atoms with Crippen LogP contribution in [0.5, 0.6) is 0 Å². The lowest BCUT2D eigenvalue weighted by molar-refractivity contribution is -0.161. The van der Waals surface area contributed by atoms with Gasteiger partial charge in [0.05, 0.1) is 12.0 Å². The first-order valence-electron chi connectivity index (χ1n) is 7.53. The van der Waals surface area contributed by atoms with E-state index in [9.17, 15) is 14.7 Å². The Morgan fingerprint density at radius 2 is 2.10 bits per heavy atom. The van der Waals surface area contributed by atoms with E-state index in [1.807, 2.05) is 20.8 Å². The fraction of sp³-hybridized carbons (Fsp3) is 0.867. The molecule has 3 unspecified atom stereocenters. The van der Waals surface area contributed by atoms with Crippen LogP contribution in [0.3, 0.4) is 0 Å². The van der Waals surface area contributed by atoms with Crippen LogP contribution in [0.4, 0.5) is 0 Å². The van der Waals surface area contributed by atoms with E-state index in [2.05, 4.69) is 0 Å². The minimum atomic E-state index is -0.894. The van der Waals surface area contributed by atoms with E-state index in [4.69, 9.17) is 4.74 Å². The third kappa shape index (κ3) is 2.68. The highest BCUT2D eigenvalue weighted by atomic mass is 16.5. The molecule has 5 nitrogen and oxygen atoms in total. The second-order valence-electron chi connectivity index (χ2n) is 6.58. The highest BCUT2D eigenvalue weighted by molar-refractivity contribution is 5.86. The van der Waals surface area contributed by atoms with Gasteiger partial charge in [-0.1, -0.05) is 20.8 Å². The molecule has 114 valence electrons. The highest BCUT2D eigenvalue weighted by Crippen LogP contribution is 2.37. The molecule has 0 aromatic rings. The highest BCUT2D eigenvalue weighted by Gasteiger charge is 2.47. The Bertz CT molecular complexity index is 393. The van der Waals surface area contributed by atoms with Crippen molar-refractivity contribution in [3.05, 3.63) is 0 Å². The van der Waals surface area contributed by atoms with E-state index < -0.39 is 12.0 Å². The van der Waals surface area contributed by atoms with Crippen LogP contribution < -0.4 is 0 Å². The number of amides is 1. The Labute approximate surface area is 120 Å². The molecule has 1 amide bonds. The predicted molar refractivity (Wildman–Crippen MR) is 74.3 cm³/mol. The zero-order chi connectivity index (χ0) is 14.9. The monoisotopic (exact) mass is 283 g/mol. The number of carboxylic acid groups (broad SMARTS) is 1. The van der Waals surface area contributed by atoms with Gasteiger partial charge < -0.3 is 14.7 Å². The van der Waals surface area contributed by atoms with Crippen LogP contribution in [-0.4, -0.2) is 47.2 Å². The Hall–Kier alpha value is -1.10. The summed E-state index contributed by atoms with van der Waals surface area (Å²) in [6.07, 6.45) is 3.16. The number of hydrogen-bond acceptors (Lipinski definition) is 3. The fourth-order valence-electron chi connectivity index (χ4n) is 3.64. The summed E-state index contributed by atoms with van der Waals surface area (Å²) in [7, 11) is 0. The van der Waals surface area contributed by atoms with Gasteiger partial charge in [-0.25, -0.2) is 4.79 Å². The van der Waals surface area contributed by atoms with E-state index >= 15 is 0 Å². The molecule has 2 saturated heterocycles. The molecule has 20 heavy (non-hydrogen) atoms. The molecule has 0 saturated carbocycles. The smallest absolute Gasteiger partial charge is 0.326 e. The van der Waals surface area contributed by atoms with Gasteiger partial charge in [0.15, 0.2) is 0 Å². The molecule has 2 fully saturated rings. The number of carboxylic acids is 1. The van der Waals surface area contributed by atoms with Gasteiger partial charge >= 0.3 is 5.97 Å². The molecule has 2 rings (SSSR count). The number of carbonyl (C=O) groups excluding carboxylic acids is 1. The van der Waals surface area contributed by atoms with Crippen molar-refractivity contribution in [2.24, 2.45) is 11.3 Å². The van der Waals surface area contributed by atoms with Crippen LogP contribution in [0.25, 0.3) is 0 Å². The Balaban J connectivity index is 2.20. The molecule has 0 aromatic heterocycles. The van der Waals surface area contributed by atoms with E-state index in [1.54, 1.807) is 4.90 Å². The lowest BCUT2D eigenvalue weighted by Crippen LogP contribution is -2.58. The van der Waals surface area contributed by atoms with Crippen molar-refractivity contribution in [2.75, 3.05) is 13.2 Å². The standard InChI is InChI=1S/C15H25NO4/c1-4-11-10(6-9-20-11)13(17)16-8-5-7-15(2,3)12(16)14(18)19/h10-12H,4-9H2,1-3H3,(H,18,19). The van der Waals surface area contributed by atoms with E-state index in [0.29, 0.717) is 19.6 Å². The number of hydrogen-bond donors (Lipinski definition) is 1. The molecule has 2 heterocycles. The molecule has 0 aromatic carbocycles. The summed E-state index contributed by atoms with van der Waals surface area (Å²) >= 11 is 0. The van der Waals surface area contributed by atoms with E-state index in [1.165, 1.54) is 0 Å². The van der Waals surface area contributed by atoms with Gasteiger partial charge in [0.2, 0.25) is 5.91 Å². The van der Waals surface area contributed by atoms with Gasteiger partial charge in [-0.3, -0.25) is 4.79 Å². The maximum Gasteiger partial charge on any atom is 0.326 e. The van der Waals surface area contributed by atoms with Crippen LogP contribution in [0, 0.1) is 11.3 Å². The quantitative estimate of drug-likeness (QED) is 0.859. The van der Waals surface area contributed by atoms with Crippen molar-refractivity contribution in [3.8, 4) is 0 Å². The number of piperidine rings is 1. The van der Waals surface area contributed by atoms with Gasteiger partial charge in [0.25, 0.3) is 0 Å². The maximum absolute atomic E-state index is 12.8. The molecule has 2 aliphatic rings. The van der Waals surface area contributed by atoms with Crippen molar-refractivity contribution < 1.29 is 19.4 Å². The first-order valence-corrected chi connectivity index (χ1v) is 7.53. The number of ether oxygens (including phenoxy) is 1. The van der Waals surface area contributed by atoms with Crippen LogP contribution in [-0.2, 0) is 14.3 Å². The largest absolute Gasteiger partial charge is 0.480 e. The molecule has 0 aliphatic carbocycles. The number of nitrogens with zero attached hydrogens (tertiary/aromatic N) is 1. The third-order valence-electron chi connectivity index (χ3n) is 4.72. The van der Waals surface area contributed by atoms with Gasteiger partial charge in [0.1, 0.15) is 6.04 Å². The lowest BCUT2D eigenvalue weighted by atomic mass is 9.75. The number of aliphatic carboxylic acids is 1. The average Bonchev–Trinajstić information content (AvgIpc) is 2.84. The molecule has 0 bridgehead atoms. The maximum atomic E-state index is 12.8. The lowest BCUT2D eigenvalue weighted by Gasteiger charge is -2.45. The molecule has 5 heteroatoms. The minimum absolute atomic E-state index is 0.0328. The first-order chi connectivity index (χ1) is 9.38.